The lowest BCUT2D eigenvalue weighted by Crippen LogP contribution is -1.83. The summed E-state index contributed by atoms with van der Waals surface area (Å²) in [7, 11) is 1.65. The maximum Gasteiger partial charge on any atom is 0.124 e. The zero-order chi connectivity index (χ0) is 13.2. The van der Waals surface area contributed by atoms with Crippen LogP contribution in [0.3, 0.4) is 0 Å². The Morgan fingerprint density at radius 3 is 2.32 bits per heavy atom. The summed E-state index contributed by atoms with van der Waals surface area (Å²) in [4.78, 5) is 0. The number of hydrogen-bond acceptors (Lipinski definition) is 2. The molecule has 94 valence electrons. The predicted molar refractivity (Wildman–Crippen MR) is 77.6 cm³/mol. The zero-order valence-corrected chi connectivity index (χ0v) is 10.6. The number of rotatable bonds is 2. The van der Waals surface area contributed by atoms with Crippen LogP contribution in [0, 0.1) is 0 Å². The van der Waals surface area contributed by atoms with Crippen molar-refractivity contribution in [2.45, 2.75) is 0 Å². The smallest absolute Gasteiger partial charge is 0.124 e. The van der Waals surface area contributed by atoms with E-state index in [1.807, 2.05) is 48.5 Å². The minimum Gasteiger partial charge on any atom is -0.507 e. The van der Waals surface area contributed by atoms with Crippen molar-refractivity contribution in [2.75, 3.05) is 7.11 Å². The van der Waals surface area contributed by atoms with Crippen LogP contribution < -0.4 is 4.74 Å². The first-order chi connectivity index (χ1) is 9.28. The van der Waals surface area contributed by atoms with Gasteiger partial charge in [0.2, 0.25) is 0 Å². The van der Waals surface area contributed by atoms with E-state index in [4.69, 9.17) is 4.74 Å². The summed E-state index contributed by atoms with van der Waals surface area (Å²) in [6.45, 7) is 0. The van der Waals surface area contributed by atoms with Gasteiger partial charge >= 0.3 is 0 Å². The Bertz CT molecular complexity index is 715. The second kappa shape index (κ2) is 4.65. The number of fused-ring (bicyclic) bond motifs is 1. The van der Waals surface area contributed by atoms with Crippen LogP contribution in [0.25, 0.3) is 21.9 Å². The van der Waals surface area contributed by atoms with E-state index >= 15 is 0 Å². The van der Waals surface area contributed by atoms with Gasteiger partial charge in [-0.1, -0.05) is 36.4 Å². The number of benzene rings is 3. The zero-order valence-electron chi connectivity index (χ0n) is 10.6. The molecule has 0 heterocycles. The quantitative estimate of drug-likeness (QED) is 0.737. The topological polar surface area (TPSA) is 29.5 Å². The van der Waals surface area contributed by atoms with Crippen molar-refractivity contribution in [3.05, 3.63) is 60.7 Å². The lowest BCUT2D eigenvalue weighted by atomic mass is 10.0. The van der Waals surface area contributed by atoms with Gasteiger partial charge in [0.1, 0.15) is 11.5 Å². The number of aromatic hydroxyl groups is 1. The first kappa shape index (κ1) is 11.6. The van der Waals surface area contributed by atoms with Crippen LogP contribution in [-0.4, -0.2) is 12.2 Å². The standard InChI is InChI=1S/C17H14O2/c1-19-15-8-6-12(7-9-15)14-10-13-4-2-3-5-16(13)17(18)11-14/h2-11,18H,1H3. The Morgan fingerprint density at radius 1 is 0.842 bits per heavy atom. The van der Waals surface area contributed by atoms with Gasteiger partial charge in [-0.05, 0) is 40.8 Å². The highest BCUT2D eigenvalue weighted by molar-refractivity contribution is 5.92. The van der Waals surface area contributed by atoms with Gasteiger partial charge in [0.05, 0.1) is 7.11 Å². The van der Waals surface area contributed by atoms with Crippen molar-refractivity contribution < 1.29 is 9.84 Å². The minimum absolute atomic E-state index is 0.309. The van der Waals surface area contributed by atoms with Crippen molar-refractivity contribution in [1.29, 1.82) is 0 Å². The van der Waals surface area contributed by atoms with E-state index in [1.165, 1.54) is 0 Å². The van der Waals surface area contributed by atoms with E-state index in [-0.39, 0.29) is 0 Å². The Labute approximate surface area is 111 Å². The molecule has 0 bridgehead atoms. The molecule has 0 atom stereocenters. The third-order valence-corrected chi connectivity index (χ3v) is 3.26. The number of methoxy groups -OCH3 is 1. The van der Waals surface area contributed by atoms with Crippen molar-refractivity contribution in [3.8, 4) is 22.6 Å². The van der Waals surface area contributed by atoms with Crippen LogP contribution in [0.2, 0.25) is 0 Å². The van der Waals surface area contributed by atoms with Crippen molar-refractivity contribution >= 4 is 10.8 Å². The fraction of sp³-hybridized carbons (Fsp3) is 0.0588. The fourth-order valence-electron chi connectivity index (χ4n) is 2.24. The van der Waals surface area contributed by atoms with Crippen LogP contribution in [0.5, 0.6) is 11.5 Å². The monoisotopic (exact) mass is 250 g/mol. The first-order valence-electron chi connectivity index (χ1n) is 6.14. The van der Waals surface area contributed by atoms with E-state index in [0.29, 0.717) is 5.75 Å². The molecule has 0 saturated carbocycles. The average Bonchev–Trinajstić information content (AvgIpc) is 2.47. The summed E-state index contributed by atoms with van der Waals surface area (Å²) in [6, 6.07) is 19.5. The Kier molecular flexibility index (Phi) is 2.84. The summed E-state index contributed by atoms with van der Waals surface area (Å²) < 4.78 is 5.15. The average molecular weight is 250 g/mol. The number of ether oxygens (including phenoxy) is 1. The highest BCUT2D eigenvalue weighted by Crippen LogP contribution is 2.32. The van der Waals surface area contributed by atoms with Crippen LogP contribution in [-0.2, 0) is 0 Å². The van der Waals surface area contributed by atoms with Crippen LogP contribution >= 0.6 is 0 Å². The summed E-state index contributed by atoms with van der Waals surface area (Å²) in [5.74, 6) is 1.14. The van der Waals surface area contributed by atoms with E-state index < -0.39 is 0 Å². The fourth-order valence-corrected chi connectivity index (χ4v) is 2.24. The molecular formula is C17H14O2. The van der Waals surface area contributed by atoms with Crippen molar-refractivity contribution in [3.63, 3.8) is 0 Å². The summed E-state index contributed by atoms with van der Waals surface area (Å²) in [5, 5.41) is 12.0. The maximum absolute atomic E-state index is 10.1. The molecular weight excluding hydrogens is 236 g/mol. The second-order valence-electron chi connectivity index (χ2n) is 4.45. The number of hydrogen-bond donors (Lipinski definition) is 1. The van der Waals surface area contributed by atoms with Gasteiger partial charge in [0.25, 0.3) is 0 Å². The molecule has 3 rings (SSSR count). The van der Waals surface area contributed by atoms with Gasteiger partial charge in [-0.15, -0.1) is 0 Å². The minimum atomic E-state index is 0.309. The molecule has 0 amide bonds. The third-order valence-electron chi connectivity index (χ3n) is 3.26. The molecule has 0 radical (unpaired) electrons. The van der Waals surface area contributed by atoms with E-state index in [2.05, 4.69) is 6.07 Å². The maximum atomic E-state index is 10.1. The summed E-state index contributed by atoms with van der Waals surface area (Å²) >= 11 is 0. The normalized spacial score (nSPS) is 10.6. The van der Waals surface area contributed by atoms with Gasteiger partial charge in [0, 0.05) is 5.39 Å². The second-order valence-corrected chi connectivity index (χ2v) is 4.45. The third kappa shape index (κ3) is 2.13. The van der Waals surface area contributed by atoms with Gasteiger partial charge in [-0.3, -0.25) is 0 Å². The van der Waals surface area contributed by atoms with E-state index in [9.17, 15) is 5.11 Å². The first-order valence-corrected chi connectivity index (χ1v) is 6.14. The van der Waals surface area contributed by atoms with Crippen LogP contribution in [0.1, 0.15) is 0 Å². The molecule has 0 aliphatic heterocycles. The largest absolute Gasteiger partial charge is 0.507 e. The summed E-state index contributed by atoms with van der Waals surface area (Å²) in [6.07, 6.45) is 0. The molecule has 0 fully saturated rings. The molecule has 19 heavy (non-hydrogen) atoms. The number of phenolic OH excluding ortho intramolecular Hbond substituents is 1. The van der Waals surface area contributed by atoms with Crippen molar-refractivity contribution in [2.24, 2.45) is 0 Å². The van der Waals surface area contributed by atoms with Crippen LogP contribution in [0.15, 0.2) is 60.7 Å². The number of phenols is 1. The van der Waals surface area contributed by atoms with E-state index in [0.717, 1.165) is 27.6 Å². The Morgan fingerprint density at radius 2 is 1.58 bits per heavy atom. The molecule has 0 unspecified atom stereocenters. The molecule has 2 nitrogen and oxygen atoms in total. The Hall–Kier alpha value is -2.48. The van der Waals surface area contributed by atoms with Crippen molar-refractivity contribution in [1.82, 2.24) is 0 Å². The van der Waals surface area contributed by atoms with Gasteiger partial charge in [0.15, 0.2) is 0 Å². The van der Waals surface area contributed by atoms with E-state index in [1.54, 1.807) is 13.2 Å². The predicted octanol–water partition coefficient (Wildman–Crippen LogP) is 4.22. The highest BCUT2D eigenvalue weighted by Gasteiger charge is 2.04. The molecule has 3 aromatic carbocycles. The SMILES string of the molecule is COc1ccc(-c2cc(O)c3ccccc3c2)cc1. The Balaban J connectivity index is 2.14. The molecule has 2 heteroatoms. The molecule has 0 aliphatic carbocycles. The highest BCUT2D eigenvalue weighted by atomic mass is 16.5. The molecule has 1 N–H and O–H groups in total. The molecule has 0 saturated heterocycles. The molecule has 0 spiro atoms. The molecule has 0 aliphatic rings. The van der Waals surface area contributed by atoms with Gasteiger partial charge in [-0.25, -0.2) is 0 Å². The summed E-state index contributed by atoms with van der Waals surface area (Å²) in [5.41, 5.74) is 2.06. The lowest BCUT2D eigenvalue weighted by molar-refractivity contribution is 0.415. The lowest BCUT2D eigenvalue weighted by Gasteiger charge is -2.07. The van der Waals surface area contributed by atoms with Gasteiger partial charge in [-0.2, -0.15) is 0 Å². The molecule has 3 aromatic rings. The van der Waals surface area contributed by atoms with Gasteiger partial charge < -0.3 is 9.84 Å². The molecule has 0 aromatic heterocycles. The van der Waals surface area contributed by atoms with Crippen LogP contribution in [0.4, 0.5) is 0 Å².